The van der Waals surface area contributed by atoms with Gasteiger partial charge in [0.25, 0.3) is 0 Å². The van der Waals surface area contributed by atoms with Gasteiger partial charge in [0.05, 0.1) is 12.8 Å². The lowest BCUT2D eigenvalue weighted by atomic mass is 9.93. The molecule has 2 rings (SSSR count). The van der Waals surface area contributed by atoms with Crippen LogP contribution >= 0.6 is 0 Å². The van der Waals surface area contributed by atoms with Crippen LogP contribution in [-0.4, -0.2) is 18.4 Å². The Labute approximate surface area is 76.6 Å². The van der Waals surface area contributed by atoms with Crippen molar-refractivity contribution in [2.24, 2.45) is 11.7 Å². The molecular weight excluding hydrogens is 166 g/mol. The van der Waals surface area contributed by atoms with Crippen LogP contribution in [0.25, 0.3) is 0 Å². The predicted molar refractivity (Wildman–Crippen MR) is 48.8 cm³/mol. The zero-order valence-electron chi connectivity index (χ0n) is 7.14. The molecule has 1 aliphatic carbocycles. The molecule has 0 fully saturated rings. The summed E-state index contributed by atoms with van der Waals surface area (Å²) in [5.41, 5.74) is 5.92. The van der Waals surface area contributed by atoms with Gasteiger partial charge in [0.15, 0.2) is 5.78 Å². The molecular formula is C10H11NO2. The van der Waals surface area contributed by atoms with Crippen molar-refractivity contribution in [1.82, 2.24) is 0 Å². The minimum Gasteiger partial charge on any atom is -0.493 e. The minimum absolute atomic E-state index is 0.00417. The third-order valence-corrected chi connectivity index (χ3v) is 2.27. The highest BCUT2D eigenvalue weighted by Crippen LogP contribution is 2.25. The monoisotopic (exact) mass is 177 g/mol. The van der Waals surface area contributed by atoms with Crippen molar-refractivity contribution in [2.75, 3.05) is 6.54 Å². The van der Waals surface area contributed by atoms with E-state index in [0.717, 1.165) is 0 Å². The standard InChI is InChI=1S/C10H11NO2/c11-6-9(12)8-2-1-7-3-4-13-10(7)5-8/h1-5,7,10H,6,11H2. The molecule has 13 heavy (non-hydrogen) atoms. The van der Waals surface area contributed by atoms with E-state index >= 15 is 0 Å². The summed E-state index contributed by atoms with van der Waals surface area (Å²) >= 11 is 0. The Morgan fingerprint density at radius 2 is 2.38 bits per heavy atom. The number of allylic oxidation sites excluding steroid dienone is 1. The van der Waals surface area contributed by atoms with Crippen molar-refractivity contribution in [3.8, 4) is 0 Å². The topological polar surface area (TPSA) is 52.3 Å². The maximum atomic E-state index is 11.2. The molecule has 0 radical (unpaired) electrons. The molecule has 0 aromatic heterocycles. The van der Waals surface area contributed by atoms with Crippen molar-refractivity contribution >= 4 is 5.78 Å². The molecule has 1 heterocycles. The number of Topliss-reactive ketones (excluding diaryl/α,β-unsaturated/α-hetero) is 1. The number of carbonyl (C=O) groups excluding carboxylic acids is 1. The van der Waals surface area contributed by atoms with E-state index in [0.29, 0.717) is 5.57 Å². The van der Waals surface area contributed by atoms with Gasteiger partial charge in [-0.1, -0.05) is 12.2 Å². The molecule has 3 heteroatoms. The number of hydrogen-bond donors (Lipinski definition) is 1. The van der Waals surface area contributed by atoms with Crippen LogP contribution in [0.5, 0.6) is 0 Å². The zero-order chi connectivity index (χ0) is 9.26. The first-order valence-corrected chi connectivity index (χ1v) is 4.26. The van der Waals surface area contributed by atoms with Gasteiger partial charge in [0, 0.05) is 11.5 Å². The molecule has 0 spiro atoms. The lowest BCUT2D eigenvalue weighted by Gasteiger charge is -2.16. The molecule has 1 aliphatic heterocycles. The highest BCUT2D eigenvalue weighted by Gasteiger charge is 2.24. The van der Waals surface area contributed by atoms with Gasteiger partial charge in [0.1, 0.15) is 6.10 Å². The van der Waals surface area contributed by atoms with Crippen molar-refractivity contribution in [3.05, 3.63) is 36.1 Å². The lowest BCUT2D eigenvalue weighted by Crippen LogP contribution is -2.21. The largest absolute Gasteiger partial charge is 0.493 e. The predicted octanol–water partition coefficient (Wildman–Crippen LogP) is 0.539. The molecule has 0 amide bonds. The van der Waals surface area contributed by atoms with Gasteiger partial charge >= 0.3 is 0 Å². The minimum atomic E-state index is -0.0369. The number of carbonyl (C=O) groups is 1. The van der Waals surface area contributed by atoms with Crippen LogP contribution in [0.3, 0.4) is 0 Å². The SMILES string of the molecule is NCC(=O)C1=CC2OC=CC2C=C1. The maximum Gasteiger partial charge on any atom is 0.176 e. The number of rotatable bonds is 2. The third-order valence-electron chi connectivity index (χ3n) is 2.27. The van der Waals surface area contributed by atoms with Crippen LogP contribution in [0.1, 0.15) is 0 Å². The van der Waals surface area contributed by atoms with E-state index in [4.69, 9.17) is 10.5 Å². The third kappa shape index (κ3) is 1.42. The quantitative estimate of drug-likeness (QED) is 0.669. The molecule has 0 bridgehead atoms. The normalized spacial score (nSPS) is 29.5. The highest BCUT2D eigenvalue weighted by atomic mass is 16.5. The Balaban J connectivity index is 2.17. The van der Waals surface area contributed by atoms with E-state index in [-0.39, 0.29) is 24.3 Å². The van der Waals surface area contributed by atoms with Crippen molar-refractivity contribution in [3.63, 3.8) is 0 Å². The summed E-state index contributed by atoms with van der Waals surface area (Å²) in [4.78, 5) is 11.2. The van der Waals surface area contributed by atoms with Gasteiger partial charge in [-0.3, -0.25) is 4.79 Å². The molecule has 0 aromatic carbocycles. The first-order valence-electron chi connectivity index (χ1n) is 4.26. The zero-order valence-corrected chi connectivity index (χ0v) is 7.14. The van der Waals surface area contributed by atoms with Crippen LogP contribution in [0.15, 0.2) is 36.1 Å². The summed E-state index contributed by atoms with van der Waals surface area (Å²) in [5.74, 6) is 0.250. The molecule has 0 aromatic rings. The highest BCUT2D eigenvalue weighted by molar-refractivity contribution is 5.99. The van der Waals surface area contributed by atoms with Crippen molar-refractivity contribution in [1.29, 1.82) is 0 Å². The van der Waals surface area contributed by atoms with Gasteiger partial charge in [-0.2, -0.15) is 0 Å². The fraction of sp³-hybridized carbons (Fsp3) is 0.300. The number of ether oxygens (including phenoxy) is 1. The average Bonchev–Trinajstić information content (AvgIpc) is 2.63. The second-order valence-corrected chi connectivity index (χ2v) is 3.12. The Kier molecular flexibility index (Phi) is 2.02. The molecule has 0 saturated heterocycles. The summed E-state index contributed by atoms with van der Waals surface area (Å²) in [5, 5.41) is 0. The molecule has 3 nitrogen and oxygen atoms in total. The number of hydrogen-bond acceptors (Lipinski definition) is 3. The number of fused-ring (bicyclic) bond motifs is 1. The maximum absolute atomic E-state index is 11.2. The Morgan fingerprint density at radius 1 is 1.54 bits per heavy atom. The summed E-state index contributed by atoms with van der Waals surface area (Å²) < 4.78 is 5.28. The number of nitrogens with two attached hydrogens (primary N) is 1. The summed E-state index contributed by atoms with van der Waals surface area (Å²) in [7, 11) is 0. The van der Waals surface area contributed by atoms with Gasteiger partial charge in [-0.05, 0) is 12.2 Å². The smallest absolute Gasteiger partial charge is 0.176 e. The fourth-order valence-corrected chi connectivity index (χ4v) is 1.50. The molecule has 2 atom stereocenters. The van der Waals surface area contributed by atoms with Crippen molar-refractivity contribution < 1.29 is 9.53 Å². The van der Waals surface area contributed by atoms with Crippen LogP contribution < -0.4 is 5.73 Å². The fourth-order valence-electron chi connectivity index (χ4n) is 1.50. The average molecular weight is 177 g/mol. The molecule has 0 saturated carbocycles. The molecule has 2 N–H and O–H groups in total. The van der Waals surface area contributed by atoms with E-state index in [9.17, 15) is 4.79 Å². The van der Waals surface area contributed by atoms with Crippen LogP contribution in [0.2, 0.25) is 0 Å². The first-order chi connectivity index (χ1) is 6.31. The van der Waals surface area contributed by atoms with Crippen LogP contribution in [0, 0.1) is 5.92 Å². The van der Waals surface area contributed by atoms with Crippen LogP contribution in [-0.2, 0) is 9.53 Å². The summed E-state index contributed by atoms with van der Waals surface area (Å²) in [6, 6.07) is 0. The summed E-state index contributed by atoms with van der Waals surface area (Å²) in [6.45, 7) is 0.0565. The van der Waals surface area contributed by atoms with E-state index in [1.54, 1.807) is 6.26 Å². The lowest BCUT2D eigenvalue weighted by molar-refractivity contribution is -0.114. The van der Waals surface area contributed by atoms with Gasteiger partial charge < -0.3 is 10.5 Å². The summed E-state index contributed by atoms with van der Waals surface area (Å²) in [6.07, 6.45) is 9.26. The Bertz CT molecular complexity index is 315. The van der Waals surface area contributed by atoms with Gasteiger partial charge in [-0.25, -0.2) is 0 Å². The molecule has 2 aliphatic rings. The Hall–Kier alpha value is -1.35. The van der Waals surface area contributed by atoms with Crippen LogP contribution in [0.4, 0.5) is 0 Å². The second kappa shape index (κ2) is 3.18. The number of ketones is 1. The van der Waals surface area contributed by atoms with E-state index in [1.165, 1.54) is 0 Å². The molecule has 68 valence electrons. The first kappa shape index (κ1) is 8.26. The molecule has 2 unspecified atom stereocenters. The van der Waals surface area contributed by atoms with E-state index < -0.39 is 0 Å². The van der Waals surface area contributed by atoms with Gasteiger partial charge in [0.2, 0.25) is 0 Å². The second-order valence-electron chi connectivity index (χ2n) is 3.12. The van der Waals surface area contributed by atoms with Crippen molar-refractivity contribution in [2.45, 2.75) is 6.10 Å². The van der Waals surface area contributed by atoms with Gasteiger partial charge in [-0.15, -0.1) is 0 Å². The Morgan fingerprint density at radius 3 is 3.15 bits per heavy atom. The van der Waals surface area contributed by atoms with E-state index in [1.807, 2.05) is 24.3 Å². The van der Waals surface area contributed by atoms with E-state index in [2.05, 4.69) is 0 Å².